The van der Waals surface area contributed by atoms with Gasteiger partial charge in [0.25, 0.3) is 0 Å². The summed E-state index contributed by atoms with van der Waals surface area (Å²) in [6, 6.07) is 7.54. The maximum Gasteiger partial charge on any atom is 0.227 e. The molecule has 3 aliphatic rings. The smallest absolute Gasteiger partial charge is 0.227 e. The third-order valence-corrected chi connectivity index (χ3v) is 7.32. The summed E-state index contributed by atoms with van der Waals surface area (Å²) in [5, 5.41) is 3.99. The Labute approximate surface area is 172 Å². The predicted octanol–water partition coefficient (Wildman–Crippen LogP) is 2.72. The number of carbonyl (C=O) groups excluding carboxylic acids is 2. The van der Waals surface area contributed by atoms with Gasteiger partial charge in [-0.2, -0.15) is 0 Å². The lowest BCUT2D eigenvalue weighted by Crippen LogP contribution is -2.56. The number of hydrogen-bond donors (Lipinski definition) is 1. The van der Waals surface area contributed by atoms with Gasteiger partial charge < -0.3 is 15.1 Å². The first kappa shape index (κ1) is 19.7. The Morgan fingerprint density at radius 1 is 1.25 bits per heavy atom. The van der Waals surface area contributed by atoms with Gasteiger partial charge in [-0.15, -0.1) is 0 Å². The van der Waals surface area contributed by atoms with E-state index in [1.807, 2.05) is 29.2 Å². The monoisotopic (exact) mass is 403 g/mol. The molecule has 0 saturated carbocycles. The first-order valence-corrected chi connectivity index (χ1v) is 11.0. The average molecular weight is 404 g/mol. The van der Waals surface area contributed by atoms with Crippen molar-refractivity contribution in [2.45, 2.75) is 44.6 Å². The summed E-state index contributed by atoms with van der Waals surface area (Å²) in [6.07, 6.45) is 4.44. The molecule has 3 aliphatic heterocycles. The van der Waals surface area contributed by atoms with Crippen LogP contribution in [-0.2, 0) is 16.0 Å². The second kappa shape index (κ2) is 8.03. The van der Waals surface area contributed by atoms with Crippen molar-refractivity contribution in [3.63, 3.8) is 0 Å². The highest BCUT2D eigenvalue weighted by molar-refractivity contribution is 6.31. The fourth-order valence-corrected chi connectivity index (χ4v) is 5.48. The van der Waals surface area contributed by atoms with Crippen LogP contribution in [0.4, 0.5) is 0 Å². The molecule has 4 rings (SSSR count). The number of rotatable bonds is 5. The molecule has 152 valence electrons. The molecule has 0 bridgehead atoms. The van der Waals surface area contributed by atoms with E-state index in [0.717, 1.165) is 38.0 Å². The topological polar surface area (TPSA) is 52.7 Å². The lowest BCUT2D eigenvalue weighted by molar-refractivity contribution is -0.132. The van der Waals surface area contributed by atoms with E-state index in [9.17, 15) is 9.59 Å². The second-order valence-corrected chi connectivity index (χ2v) is 9.03. The first-order chi connectivity index (χ1) is 13.5. The van der Waals surface area contributed by atoms with Crippen LogP contribution in [0.5, 0.6) is 0 Å². The Bertz CT molecular complexity index is 745. The molecule has 3 heterocycles. The number of piperidine rings is 1. The van der Waals surface area contributed by atoms with Crippen LogP contribution in [0.25, 0.3) is 0 Å². The van der Waals surface area contributed by atoms with Gasteiger partial charge >= 0.3 is 0 Å². The van der Waals surface area contributed by atoms with Gasteiger partial charge in [-0.1, -0.05) is 43.1 Å². The normalized spacial score (nSPS) is 26.5. The van der Waals surface area contributed by atoms with Crippen molar-refractivity contribution in [2.75, 3.05) is 32.7 Å². The highest BCUT2D eigenvalue weighted by Gasteiger charge is 2.57. The van der Waals surface area contributed by atoms with Crippen molar-refractivity contribution in [3.05, 3.63) is 34.9 Å². The van der Waals surface area contributed by atoms with E-state index < -0.39 is 0 Å². The zero-order valence-corrected chi connectivity index (χ0v) is 17.4. The molecule has 0 aromatic heterocycles. The van der Waals surface area contributed by atoms with Gasteiger partial charge in [-0.25, -0.2) is 0 Å². The van der Waals surface area contributed by atoms with Crippen molar-refractivity contribution in [3.8, 4) is 0 Å². The number of amides is 2. The Hall–Kier alpha value is -1.59. The predicted molar refractivity (Wildman–Crippen MR) is 110 cm³/mol. The Morgan fingerprint density at radius 2 is 2.00 bits per heavy atom. The lowest BCUT2D eigenvalue weighted by atomic mass is 9.75. The average Bonchev–Trinajstić information content (AvgIpc) is 3.22. The molecular weight excluding hydrogens is 374 g/mol. The molecule has 28 heavy (non-hydrogen) atoms. The quantitative estimate of drug-likeness (QED) is 0.822. The van der Waals surface area contributed by atoms with Crippen molar-refractivity contribution in [2.24, 2.45) is 11.8 Å². The Morgan fingerprint density at radius 3 is 2.71 bits per heavy atom. The Balaban J connectivity index is 1.37. The van der Waals surface area contributed by atoms with E-state index in [1.165, 1.54) is 12.8 Å². The molecule has 1 aromatic carbocycles. The van der Waals surface area contributed by atoms with Gasteiger partial charge in [0.2, 0.25) is 11.8 Å². The zero-order valence-electron chi connectivity index (χ0n) is 16.6. The largest absolute Gasteiger partial charge is 0.350 e. The third-order valence-electron chi connectivity index (χ3n) is 6.95. The number of halogens is 1. The van der Waals surface area contributed by atoms with Crippen molar-refractivity contribution in [1.29, 1.82) is 0 Å². The molecule has 5 nitrogen and oxygen atoms in total. The third kappa shape index (κ3) is 3.67. The van der Waals surface area contributed by atoms with Crippen LogP contribution in [0, 0.1) is 11.8 Å². The van der Waals surface area contributed by atoms with Crippen LogP contribution in [-0.4, -0.2) is 59.9 Å². The number of nitrogens with one attached hydrogen (secondary N) is 1. The zero-order chi connectivity index (χ0) is 19.7. The van der Waals surface area contributed by atoms with Crippen LogP contribution in [0.15, 0.2) is 24.3 Å². The molecule has 0 aliphatic carbocycles. The van der Waals surface area contributed by atoms with Crippen LogP contribution in [0.2, 0.25) is 5.02 Å². The van der Waals surface area contributed by atoms with Gasteiger partial charge in [0.1, 0.15) is 0 Å². The summed E-state index contributed by atoms with van der Waals surface area (Å²) >= 11 is 6.21. The molecule has 1 spiro atoms. The van der Waals surface area contributed by atoms with Crippen LogP contribution in [0.3, 0.4) is 0 Å². The molecule has 2 atom stereocenters. The summed E-state index contributed by atoms with van der Waals surface area (Å²) in [7, 11) is 0. The maximum atomic E-state index is 12.8. The molecule has 0 unspecified atom stereocenters. The highest BCUT2D eigenvalue weighted by atomic mass is 35.5. The van der Waals surface area contributed by atoms with E-state index in [-0.39, 0.29) is 23.3 Å². The van der Waals surface area contributed by atoms with Crippen molar-refractivity contribution < 1.29 is 9.59 Å². The second-order valence-electron chi connectivity index (χ2n) is 8.62. The van der Waals surface area contributed by atoms with Gasteiger partial charge in [0, 0.05) is 42.7 Å². The number of hydrogen-bond acceptors (Lipinski definition) is 3. The van der Waals surface area contributed by atoms with Gasteiger partial charge in [-0.05, 0) is 37.4 Å². The van der Waals surface area contributed by atoms with Crippen LogP contribution >= 0.6 is 11.6 Å². The molecule has 1 aromatic rings. The standard InChI is InChI=1S/C22H30ClN3O2/c1-2-3-10-25-14-17-18(15-25)22(24-21(17)28)8-11-26(12-9-22)20(27)13-16-6-4-5-7-19(16)23/h4-7,17-18H,2-3,8-15H2,1H3,(H,24,28)/t17-,18+/m1/s1. The van der Waals surface area contributed by atoms with Gasteiger partial charge in [0.05, 0.1) is 12.3 Å². The molecule has 1 N–H and O–H groups in total. The molecule has 0 radical (unpaired) electrons. The van der Waals surface area contributed by atoms with Gasteiger partial charge in [0.15, 0.2) is 0 Å². The molecular formula is C22H30ClN3O2. The lowest BCUT2D eigenvalue weighted by Gasteiger charge is -2.43. The molecule has 6 heteroatoms. The van der Waals surface area contributed by atoms with Gasteiger partial charge in [-0.3, -0.25) is 9.59 Å². The summed E-state index contributed by atoms with van der Waals surface area (Å²) in [6.45, 7) is 6.63. The summed E-state index contributed by atoms with van der Waals surface area (Å²) < 4.78 is 0. The van der Waals surface area contributed by atoms with Crippen molar-refractivity contribution >= 4 is 23.4 Å². The highest BCUT2D eigenvalue weighted by Crippen LogP contribution is 2.44. The van der Waals surface area contributed by atoms with Crippen LogP contribution in [0.1, 0.15) is 38.2 Å². The number of benzene rings is 1. The van der Waals surface area contributed by atoms with Crippen molar-refractivity contribution in [1.82, 2.24) is 15.1 Å². The number of nitrogens with zero attached hydrogens (tertiary/aromatic N) is 2. The minimum Gasteiger partial charge on any atom is -0.350 e. The minimum absolute atomic E-state index is 0.121. The molecule has 3 saturated heterocycles. The SMILES string of the molecule is CCCCN1C[C@H]2C(=O)NC3(CCN(C(=O)Cc4ccccc4Cl)CC3)[C@H]2C1. The number of unbranched alkanes of at least 4 members (excludes halogenated alkanes) is 1. The van der Waals surface area contributed by atoms with E-state index in [0.29, 0.717) is 30.5 Å². The summed E-state index contributed by atoms with van der Waals surface area (Å²) in [4.78, 5) is 29.8. The Kier molecular flexibility index (Phi) is 5.66. The summed E-state index contributed by atoms with van der Waals surface area (Å²) in [5.41, 5.74) is 0.759. The summed E-state index contributed by atoms with van der Waals surface area (Å²) in [5.74, 6) is 0.861. The molecule has 2 amide bonds. The first-order valence-electron chi connectivity index (χ1n) is 10.6. The molecule has 3 fully saturated rings. The number of likely N-dealkylation sites (tertiary alicyclic amines) is 2. The van der Waals surface area contributed by atoms with E-state index in [2.05, 4.69) is 17.1 Å². The minimum atomic E-state index is -0.121. The van der Waals surface area contributed by atoms with Crippen LogP contribution < -0.4 is 5.32 Å². The maximum absolute atomic E-state index is 12.8. The van der Waals surface area contributed by atoms with E-state index in [4.69, 9.17) is 11.6 Å². The van der Waals surface area contributed by atoms with E-state index in [1.54, 1.807) is 0 Å². The number of fused-ring (bicyclic) bond motifs is 2. The van der Waals surface area contributed by atoms with E-state index >= 15 is 0 Å². The fourth-order valence-electron chi connectivity index (χ4n) is 5.27. The number of carbonyl (C=O) groups is 2. The fraction of sp³-hybridized carbons (Fsp3) is 0.636.